The minimum absolute atomic E-state index is 0.0586. The predicted octanol–water partition coefficient (Wildman–Crippen LogP) is 0.430. The van der Waals surface area contributed by atoms with Crippen LogP contribution < -0.4 is 5.32 Å². The fourth-order valence-electron chi connectivity index (χ4n) is 2.05. The molecule has 0 saturated carbocycles. The number of pyridine rings is 1. The van der Waals surface area contributed by atoms with Crippen LogP contribution >= 0.6 is 0 Å². The first-order valence-corrected chi connectivity index (χ1v) is 6.40. The van der Waals surface area contributed by atoms with Gasteiger partial charge in [0.15, 0.2) is 5.69 Å². The summed E-state index contributed by atoms with van der Waals surface area (Å²) >= 11 is 0. The van der Waals surface area contributed by atoms with Crippen molar-refractivity contribution in [3.8, 4) is 0 Å². The lowest BCUT2D eigenvalue weighted by molar-refractivity contribution is -0.384. The number of carboxylic acid groups (broad SMARTS) is 1. The second-order valence-corrected chi connectivity index (χ2v) is 4.76. The first-order valence-electron chi connectivity index (χ1n) is 6.40. The molecule has 1 atom stereocenters. The molecule has 114 valence electrons. The van der Waals surface area contributed by atoms with Gasteiger partial charge in [0, 0.05) is 25.7 Å². The number of hydrogen-bond donors (Lipinski definition) is 2. The third-order valence-electron chi connectivity index (χ3n) is 3.13. The third-order valence-corrected chi connectivity index (χ3v) is 3.13. The molecule has 0 spiro atoms. The summed E-state index contributed by atoms with van der Waals surface area (Å²) in [5.41, 5.74) is -0.506. The van der Waals surface area contributed by atoms with E-state index in [1.807, 2.05) is 7.05 Å². The minimum atomic E-state index is -1.23. The van der Waals surface area contributed by atoms with Gasteiger partial charge in [-0.15, -0.1) is 0 Å². The zero-order valence-electron chi connectivity index (χ0n) is 11.5. The lowest BCUT2D eigenvalue weighted by atomic mass is 10.2. The van der Waals surface area contributed by atoms with Crippen molar-refractivity contribution in [1.29, 1.82) is 0 Å². The van der Waals surface area contributed by atoms with E-state index >= 15 is 0 Å². The van der Waals surface area contributed by atoms with Gasteiger partial charge in [0.05, 0.1) is 17.6 Å². The summed E-state index contributed by atoms with van der Waals surface area (Å²) in [6, 6.07) is 2.24. The van der Waals surface area contributed by atoms with Crippen molar-refractivity contribution in [3.05, 3.63) is 27.9 Å². The fraction of sp³-hybridized carbons (Fsp3) is 0.500. The monoisotopic (exact) mass is 296 g/mol. The largest absolute Gasteiger partial charge is 0.477 e. The van der Waals surface area contributed by atoms with Crippen LogP contribution in [0.4, 0.5) is 11.5 Å². The zero-order valence-corrected chi connectivity index (χ0v) is 11.5. The first-order chi connectivity index (χ1) is 9.97. The van der Waals surface area contributed by atoms with Gasteiger partial charge in [-0.3, -0.25) is 10.1 Å². The normalized spacial score (nSPS) is 19.2. The number of rotatable bonds is 5. The molecule has 9 nitrogen and oxygen atoms in total. The van der Waals surface area contributed by atoms with Gasteiger partial charge in [-0.2, -0.15) is 0 Å². The number of carboxylic acids is 1. The second kappa shape index (κ2) is 6.46. The Balaban J connectivity index is 2.11. The Kier molecular flexibility index (Phi) is 4.66. The molecule has 1 aliphatic rings. The molecule has 1 fully saturated rings. The van der Waals surface area contributed by atoms with Crippen LogP contribution in [-0.2, 0) is 4.74 Å². The van der Waals surface area contributed by atoms with Crippen molar-refractivity contribution >= 4 is 17.5 Å². The number of hydrogen-bond acceptors (Lipinski definition) is 7. The van der Waals surface area contributed by atoms with Crippen LogP contribution in [0.25, 0.3) is 0 Å². The van der Waals surface area contributed by atoms with Gasteiger partial charge in [0.25, 0.3) is 0 Å². The van der Waals surface area contributed by atoms with Crippen LogP contribution in [0.2, 0.25) is 0 Å². The Bertz CT molecular complexity index is 550. The molecular formula is C12H16N4O5. The van der Waals surface area contributed by atoms with E-state index in [9.17, 15) is 14.9 Å². The second-order valence-electron chi connectivity index (χ2n) is 4.76. The number of nitrogens with one attached hydrogen (secondary N) is 1. The third kappa shape index (κ3) is 3.86. The highest BCUT2D eigenvalue weighted by Crippen LogP contribution is 2.22. The summed E-state index contributed by atoms with van der Waals surface area (Å²) in [6.07, 6.45) is -0.126. The standard InChI is InChI=1S/C12H16N4O5/c1-15-4-5-21-8(7-15)6-13-11-10(16(19)20)3-2-9(14-11)12(17)18/h2-3,8H,4-7H2,1H3,(H,13,14)(H,17,18). The molecule has 0 aromatic carbocycles. The number of morpholine rings is 1. The van der Waals surface area contributed by atoms with Crippen molar-refractivity contribution in [1.82, 2.24) is 9.88 Å². The van der Waals surface area contributed by atoms with Gasteiger partial charge in [-0.25, -0.2) is 9.78 Å². The molecule has 0 aliphatic carbocycles. The minimum Gasteiger partial charge on any atom is -0.477 e. The van der Waals surface area contributed by atoms with E-state index in [1.165, 1.54) is 0 Å². The van der Waals surface area contributed by atoms with E-state index in [4.69, 9.17) is 9.84 Å². The topological polar surface area (TPSA) is 118 Å². The summed E-state index contributed by atoms with van der Waals surface area (Å²) in [4.78, 5) is 27.1. The van der Waals surface area contributed by atoms with E-state index in [0.717, 1.165) is 18.7 Å². The Hall–Kier alpha value is -2.26. The van der Waals surface area contributed by atoms with E-state index in [1.54, 1.807) is 0 Å². The maximum absolute atomic E-state index is 10.9. The van der Waals surface area contributed by atoms with Gasteiger partial charge in [0.2, 0.25) is 5.82 Å². The van der Waals surface area contributed by atoms with E-state index in [-0.39, 0.29) is 23.3 Å². The highest BCUT2D eigenvalue weighted by Gasteiger charge is 2.21. The number of likely N-dealkylation sites (N-methyl/N-ethyl adjacent to an activating group) is 1. The van der Waals surface area contributed by atoms with E-state index in [0.29, 0.717) is 19.7 Å². The maximum Gasteiger partial charge on any atom is 0.354 e. The molecule has 1 unspecified atom stereocenters. The van der Waals surface area contributed by atoms with Crippen molar-refractivity contribution in [2.75, 3.05) is 38.6 Å². The van der Waals surface area contributed by atoms with Gasteiger partial charge in [0.1, 0.15) is 0 Å². The molecule has 9 heteroatoms. The Morgan fingerprint density at radius 3 is 3.05 bits per heavy atom. The van der Waals surface area contributed by atoms with Crippen LogP contribution in [0.15, 0.2) is 12.1 Å². The molecule has 1 aliphatic heterocycles. The van der Waals surface area contributed by atoms with E-state index in [2.05, 4.69) is 15.2 Å². The SMILES string of the molecule is CN1CCOC(CNc2nc(C(=O)O)ccc2[N+](=O)[O-])C1. The number of anilines is 1. The molecular weight excluding hydrogens is 280 g/mol. The maximum atomic E-state index is 10.9. The summed E-state index contributed by atoms with van der Waals surface area (Å²) < 4.78 is 5.53. The molecule has 2 rings (SSSR count). The number of ether oxygens (including phenoxy) is 1. The predicted molar refractivity (Wildman–Crippen MR) is 73.6 cm³/mol. The van der Waals surface area contributed by atoms with Crippen LogP contribution in [0, 0.1) is 10.1 Å². The first kappa shape index (κ1) is 15.1. The molecule has 1 aromatic heterocycles. The van der Waals surface area contributed by atoms with Crippen LogP contribution in [0.5, 0.6) is 0 Å². The molecule has 1 aromatic rings. The van der Waals surface area contributed by atoms with Gasteiger partial charge in [-0.05, 0) is 13.1 Å². The summed E-state index contributed by atoms with van der Waals surface area (Å²) in [6.45, 7) is 2.44. The highest BCUT2D eigenvalue weighted by atomic mass is 16.6. The number of carbonyl (C=O) groups is 1. The smallest absolute Gasteiger partial charge is 0.354 e. The number of aromatic carboxylic acids is 1. The zero-order chi connectivity index (χ0) is 15.4. The van der Waals surface area contributed by atoms with E-state index < -0.39 is 10.9 Å². The van der Waals surface area contributed by atoms with Crippen LogP contribution in [0.1, 0.15) is 10.5 Å². The Labute approximate surface area is 120 Å². The van der Waals surface area contributed by atoms with Crippen LogP contribution in [0.3, 0.4) is 0 Å². The molecule has 21 heavy (non-hydrogen) atoms. The number of nitro groups is 1. The lowest BCUT2D eigenvalue weighted by Gasteiger charge is -2.30. The van der Waals surface area contributed by atoms with Gasteiger partial charge >= 0.3 is 11.7 Å². The van der Waals surface area contributed by atoms with Crippen molar-refractivity contribution in [2.24, 2.45) is 0 Å². The summed E-state index contributed by atoms with van der Waals surface area (Å²) in [5, 5.41) is 22.7. The van der Waals surface area contributed by atoms with Crippen LogP contribution in [-0.4, -0.2) is 65.3 Å². The molecule has 0 amide bonds. The van der Waals surface area contributed by atoms with Crippen molar-refractivity contribution in [3.63, 3.8) is 0 Å². The number of aromatic nitrogens is 1. The summed E-state index contributed by atoms with van der Waals surface area (Å²) in [5.74, 6) is -1.29. The number of nitrogens with zero attached hydrogens (tertiary/aromatic N) is 3. The molecule has 1 saturated heterocycles. The average Bonchev–Trinajstić information content (AvgIpc) is 2.44. The summed E-state index contributed by atoms with van der Waals surface area (Å²) in [7, 11) is 1.96. The fourth-order valence-corrected chi connectivity index (χ4v) is 2.05. The Morgan fingerprint density at radius 2 is 2.43 bits per heavy atom. The van der Waals surface area contributed by atoms with Crippen molar-refractivity contribution in [2.45, 2.75) is 6.10 Å². The Morgan fingerprint density at radius 1 is 1.67 bits per heavy atom. The molecule has 0 bridgehead atoms. The van der Waals surface area contributed by atoms with Gasteiger partial charge < -0.3 is 20.1 Å². The lowest BCUT2D eigenvalue weighted by Crippen LogP contribution is -2.43. The average molecular weight is 296 g/mol. The van der Waals surface area contributed by atoms with Crippen molar-refractivity contribution < 1.29 is 19.6 Å². The van der Waals surface area contributed by atoms with Gasteiger partial charge in [-0.1, -0.05) is 0 Å². The highest BCUT2D eigenvalue weighted by molar-refractivity contribution is 5.86. The molecule has 2 heterocycles. The quantitative estimate of drug-likeness (QED) is 0.593. The molecule has 2 N–H and O–H groups in total. The molecule has 0 radical (unpaired) electrons.